The van der Waals surface area contributed by atoms with Gasteiger partial charge in [-0.15, -0.1) is 22.0 Å². The van der Waals surface area contributed by atoms with Crippen molar-refractivity contribution < 1.29 is 23.4 Å². The Hall–Kier alpha value is -6.24. The summed E-state index contributed by atoms with van der Waals surface area (Å²) in [6, 6.07) is 36.6. The van der Waals surface area contributed by atoms with Gasteiger partial charge in [0.05, 0.1) is 23.6 Å². The molecule has 2 aromatic heterocycles. The Morgan fingerprint density at radius 1 is 0.860 bits per heavy atom. The van der Waals surface area contributed by atoms with Gasteiger partial charge in [-0.1, -0.05) is 84.1 Å². The summed E-state index contributed by atoms with van der Waals surface area (Å²) in [6.45, 7) is 2.24. The molecule has 0 aliphatic carbocycles. The number of thioether (sulfide) groups is 1. The second-order valence-corrected chi connectivity index (χ2v) is 16.2. The zero-order valence-electron chi connectivity index (χ0n) is 30.8. The summed E-state index contributed by atoms with van der Waals surface area (Å²) in [7, 11) is 1.62. The second kappa shape index (κ2) is 14.1. The third kappa shape index (κ3) is 5.89. The molecule has 12 heteroatoms. The number of hydrogen-bond donors (Lipinski definition) is 1. The molecule has 0 bridgehead atoms. The number of ether oxygens (including phenoxy) is 3. The minimum absolute atomic E-state index is 0.224. The highest BCUT2D eigenvalue weighted by molar-refractivity contribution is 8.03. The van der Waals surface area contributed by atoms with Crippen LogP contribution in [0.3, 0.4) is 0 Å². The number of para-hydroxylation sites is 2. The SMILES string of the molecule is COc1ccc2c(c1)Oc1ccccc1[C@@H]2C(C)(CN1C(c2ccc(F)c3ccccc23)=CSC1C1c2ccccc2Oc2ncccc21)C(=O)Nc1nncs1. The van der Waals surface area contributed by atoms with Crippen LogP contribution < -0.4 is 19.5 Å². The third-order valence-electron chi connectivity index (χ3n) is 11.2. The number of anilines is 1. The molecule has 3 aliphatic rings. The summed E-state index contributed by atoms with van der Waals surface area (Å²) in [5.74, 6) is 1.92. The van der Waals surface area contributed by atoms with Crippen LogP contribution >= 0.6 is 23.1 Å². The molecule has 7 aromatic rings. The predicted octanol–water partition coefficient (Wildman–Crippen LogP) is 10.4. The Labute approximate surface area is 336 Å². The Balaban J connectivity index is 1.19. The van der Waals surface area contributed by atoms with Crippen molar-refractivity contribution in [2.45, 2.75) is 24.1 Å². The van der Waals surface area contributed by atoms with Crippen molar-refractivity contribution in [2.24, 2.45) is 5.41 Å². The van der Waals surface area contributed by atoms with Crippen LogP contribution in [0, 0.1) is 11.2 Å². The van der Waals surface area contributed by atoms with E-state index in [1.807, 2.05) is 97.9 Å². The molecule has 10 rings (SSSR count). The number of amides is 1. The van der Waals surface area contributed by atoms with Crippen LogP contribution in [0.2, 0.25) is 0 Å². The van der Waals surface area contributed by atoms with Crippen molar-refractivity contribution in [3.63, 3.8) is 0 Å². The molecule has 0 radical (unpaired) electrons. The fourth-order valence-electron chi connectivity index (χ4n) is 8.55. The molecule has 5 aromatic carbocycles. The van der Waals surface area contributed by atoms with Crippen molar-refractivity contribution in [1.82, 2.24) is 20.1 Å². The molecule has 1 amide bonds. The first kappa shape index (κ1) is 35.2. The minimum Gasteiger partial charge on any atom is -0.497 e. The number of nitrogens with zero attached hydrogens (tertiary/aromatic N) is 4. The normalized spacial score (nSPS) is 18.8. The zero-order valence-corrected chi connectivity index (χ0v) is 32.4. The number of carbonyl (C=O) groups excluding carboxylic acids is 1. The molecule has 0 spiro atoms. The van der Waals surface area contributed by atoms with Gasteiger partial charge in [-0.05, 0) is 54.1 Å². The first-order valence-electron chi connectivity index (χ1n) is 18.4. The monoisotopic (exact) mass is 791 g/mol. The highest BCUT2D eigenvalue weighted by Gasteiger charge is 2.51. The maximum atomic E-state index is 15.4. The standard InChI is InChI=1S/C45H34FN5O4S2/c1-45(43(52)49-44-50-48-25-57-44,40-31-13-6-8-16-37(31)54-38-22-26(53-2)17-18-32(38)40)24-51-35(29-19-20-34(46)28-11-4-3-10-27(28)29)23-56-42(51)39-30-12-5-7-15-36(30)55-41-33(39)14-9-21-47-41/h3-23,25,39-40,42H,24H2,1-2H3,(H,49,50,52)/t39?,40-,42?,45?/m0/s1. The highest BCUT2D eigenvalue weighted by atomic mass is 32.2. The smallest absolute Gasteiger partial charge is 0.234 e. The first-order valence-corrected chi connectivity index (χ1v) is 20.3. The maximum absolute atomic E-state index is 15.4. The summed E-state index contributed by atoms with van der Waals surface area (Å²) in [5.41, 5.74) is 5.79. The van der Waals surface area contributed by atoms with E-state index < -0.39 is 11.3 Å². The number of rotatable bonds is 8. The molecule has 3 unspecified atom stereocenters. The molecule has 3 aliphatic heterocycles. The van der Waals surface area contributed by atoms with Gasteiger partial charge in [0.15, 0.2) is 0 Å². The lowest BCUT2D eigenvalue weighted by molar-refractivity contribution is -0.126. The summed E-state index contributed by atoms with van der Waals surface area (Å²) in [6.07, 6.45) is 1.74. The van der Waals surface area contributed by atoms with E-state index in [-0.39, 0.29) is 29.6 Å². The van der Waals surface area contributed by atoms with Crippen LogP contribution in [0.4, 0.5) is 9.52 Å². The summed E-state index contributed by atoms with van der Waals surface area (Å²) >= 11 is 2.93. The molecule has 1 N–H and O–H groups in total. The molecule has 282 valence electrons. The Kier molecular flexibility index (Phi) is 8.68. The Bertz CT molecular complexity index is 2680. The van der Waals surface area contributed by atoms with Gasteiger partial charge in [0.25, 0.3) is 0 Å². The van der Waals surface area contributed by atoms with E-state index in [0.29, 0.717) is 33.6 Å². The second-order valence-electron chi connectivity index (χ2n) is 14.4. The quantitative estimate of drug-likeness (QED) is 0.161. The van der Waals surface area contributed by atoms with Gasteiger partial charge in [-0.25, -0.2) is 9.37 Å². The van der Waals surface area contributed by atoms with E-state index in [4.69, 9.17) is 14.2 Å². The molecule has 9 nitrogen and oxygen atoms in total. The predicted molar refractivity (Wildman–Crippen MR) is 221 cm³/mol. The molecular weight excluding hydrogens is 758 g/mol. The van der Waals surface area contributed by atoms with Crippen molar-refractivity contribution in [3.8, 4) is 28.9 Å². The van der Waals surface area contributed by atoms with Crippen LogP contribution in [-0.2, 0) is 4.79 Å². The van der Waals surface area contributed by atoms with Gasteiger partial charge in [-0.2, -0.15) is 0 Å². The summed E-state index contributed by atoms with van der Waals surface area (Å²) < 4.78 is 34.0. The number of nitrogens with one attached hydrogen (secondary N) is 1. The van der Waals surface area contributed by atoms with Gasteiger partial charge in [0, 0.05) is 63.8 Å². The number of halogens is 1. The van der Waals surface area contributed by atoms with Crippen molar-refractivity contribution in [3.05, 3.63) is 166 Å². The fraction of sp³-hybridized carbons (Fsp3) is 0.156. The number of methoxy groups -OCH3 is 1. The number of benzene rings is 5. The number of pyridine rings is 1. The van der Waals surface area contributed by atoms with Crippen LogP contribution in [0.25, 0.3) is 16.5 Å². The van der Waals surface area contributed by atoms with E-state index in [1.54, 1.807) is 36.6 Å². The molecule has 0 fully saturated rings. The molecule has 0 saturated carbocycles. The molecule has 4 atom stereocenters. The molecule has 5 heterocycles. The number of aromatic nitrogens is 3. The molecular formula is C45H34FN5O4S2. The third-order valence-corrected chi connectivity index (χ3v) is 13.0. The van der Waals surface area contributed by atoms with Gasteiger partial charge in [0.2, 0.25) is 16.9 Å². The van der Waals surface area contributed by atoms with Crippen molar-refractivity contribution in [2.75, 3.05) is 19.0 Å². The fourth-order valence-corrected chi connectivity index (χ4v) is 10.3. The van der Waals surface area contributed by atoms with Crippen LogP contribution in [-0.4, -0.2) is 45.0 Å². The van der Waals surface area contributed by atoms with E-state index in [2.05, 4.69) is 42.9 Å². The zero-order chi connectivity index (χ0) is 38.7. The average molecular weight is 792 g/mol. The number of hydrogen-bond acceptors (Lipinski definition) is 10. The van der Waals surface area contributed by atoms with Gasteiger partial charge < -0.3 is 19.1 Å². The van der Waals surface area contributed by atoms with Gasteiger partial charge >= 0.3 is 0 Å². The van der Waals surface area contributed by atoms with Crippen molar-refractivity contribution >= 4 is 50.6 Å². The van der Waals surface area contributed by atoms with E-state index in [9.17, 15) is 0 Å². The topological polar surface area (TPSA) is 98.7 Å². The molecule has 57 heavy (non-hydrogen) atoms. The highest BCUT2D eigenvalue weighted by Crippen LogP contribution is 2.57. The minimum atomic E-state index is -1.20. The summed E-state index contributed by atoms with van der Waals surface area (Å²) in [4.78, 5) is 22.4. The van der Waals surface area contributed by atoms with E-state index in [1.165, 1.54) is 17.4 Å². The lowest BCUT2D eigenvalue weighted by Crippen LogP contribution is -2.50. The first-order chi connectivity index (χ1) is 27.9. The van der Waals surface area contributed by atoms with E-state index >= 15 is 9.18 Å². The molecule has 0 saturated heterocycles. The largest absolute Gasteiger partial charge is 0.497 e. The van der Waals surface area contributed by atoms with Crippen LogP contribution in [0.15, 0.2) is 132 Å². The van der Waals surface area contributed by atoms with Crippen LogP contribution in [0.5, 0.6) is 28.9 Å². The number of fused-ring (bicyclic) bond motifs is 5. The number of carbonyl (C=O) groups is 1. The van der Waals surface area contributed by atoms with Gasteiger partial charge in [0.1, 0.15) is 34.3 Å². The van der Waals surface area contributed by atoms with Crippen LogP contribution in [0.1, 0.15) is 46.6 Å². The summed E-state index contributed by atoms with van der Waals surface area (Å²) in [5, 5.41) is 14.9. The lowest BCUT2D eigenvalue weighted by atomic mass is 9.67. The van der Waals surface area contributed by atoms with Gasteiger partial charge in [-0.3, -0.25) is 10.1 Å². The average Bonchev–Trinajstić information content (AvgIpc) is 3.91. The van der Waals surface area contributed by atoms with E-state index in [0.717, 1.165) is 44.7 Å². The maximum Gasteiger partial charge on any atom is 0.234 e. The lowest BCUT2D eigenvalue weighted by Gasteiger charge is -2.46. The Morgan fingerprint density at radius 3 is 2.40 bits per heavy atom. The Morgan fingerprint density at radius 2 is 1.60 bits per heavy atom. The van der Waals surface area contributed by atoms with Crippen molar-refractivity contribution in [1.29, 1.82) is 0 Å².